The molecule has 0 saturated heterocycles. The summed E-state index contributed by atoms with van der Waals surface area (Å²) in [6, 6.07) is 84.0. The molecule has 1 heteroatoms. The minimum atomic E-state index is 0.880. The van der Waals surface area contributed by atoms with Gasteiger partial charge in [0.05, 0.1) is 0 Å². The van der Waals surface area contributed by atoms with E-state index in [-0.39, 0.29) is 0 Å². The van der Waals surface area contributed by atoms with Crippen LogP contribution < -0.4 is 0 Å². The first kappa shape index (κ1) is 35.5. The van der Waals surface area contributed by atoms with E-state index in [2.05, 4.69) is 231 Å². The molecule has 0 unspecified atom stereocenters. The Morgan fingerprint density at radius 2 is 0.603 bits per heavy atom. The van der Waals surface area contributed by atoms with Crippen molar-refractivity contribution < 1.29 is 4.42 Å². The Kier molecular flexibility index (Phi) is 7.98. The Bertz CT molecular complexity index is 3840. The smallest absolute Gasteiger partial charge is 0.143 e. The molecule has 0 saturated carbocycles. The summed E-state index contributed by atoms with van der Waals surface area (Å²) in [5, 5.41) is 14.5. The van der Waals surface area contributed by atoms with E-state index in [1.807, 2.05) is 0 Å². The summed E-state index contributed by atoms with van der Waals surface area (Å²) in [5.41, 5.74) is 13.9. The molecule has 0 amide bonds. The average molecular weight is 799 g/mol. The van der Waals surface area contributed by atoms with E-state index >= 15 is 0 Å². The first-order chi connectivity index (χ1) is 31.3. The average Bonchev–Trinajstić information content (AvgIpc) is 3.73. The van der Waals surface area contributed by atoms with Gasteiger partial charge in [0.15, 0.2) is 0 Å². The molecule has 0 aliphatic heterocycles. The molecule has 63 heavy (non-hydrogen) atoms. The highest BCUT2D eigenvalue weighted by Gasteiger charge is 2.23. The van der Waals surface area contributed by atoms with E-state index in [9.17, 15) is 0 Å². The van der Waals surface area contributed by atoms with Crippen LogP contribution in [0.25, 0.3) is 131 Å². The molecule has 0 radical (unpaired) electrons. The second-order valence-electron chi connectivity index (χ2n) is 16.6. The third-order valence-electron chi connectivity index (χ3n) is 13.3. The third-order valence-corrected chi connectivity index (χ3v) is 13.3. The highest BCUT2D eigenvalue weighted by molar-refractivity contribution is 6.27. The van der Waals surface area contributed by atoms with Crippen molar-refractivity contribution in [3.63, 3.8) is 0 Å². The quantitative estimate of drug-likeness (QED) is 0.158. The number of hydrogen-bond acceptors (Lipinski definition) is 1. The number of fused-ring (bicyclic) bond motifs is 8. The van der Waals surface area contributed by atoms with Crippen molar-refractivity contribution in [1.82, 2.24) is 0 Å². The molecule has 0 spiro atoms. The van der Waals surface area contributed by atoms with Crippen LogP contribution in [0.5, 0.6) is 0 Å². The fraction of sp³-hybridized carbons (Fsp3) is 0. The standard InChI is InChI=1S/C62H38O/c1-3-18-39(19-4-1)42-35-36-53(44-23-8-7-22-43(42)44)60-49-28-13-15-30-51(49)61(52-31-16-14-29-50(52)60)55-33-17-32-54-56-38-41(34-37-57(56)63-62(54)55)59-47-26-11-9-24-45(47)58(40-20-5-2-6-21-40)46-25-10-12-27-48(46)59/h1-38H. The normalized spacial score (nSPS) is 11.8. The second kappa shape index (κ2) is 14.2. The van der Waals surface area contributed by atoms with Crippen LogP contribution >= 0.6 is 0 Å². The summed E-state index contributed by atoms with van der Waals surface area (Å²) in [6.45, 7) is 0. The summed E-state index contributed by atoms with van der Waals surface area (Å²) in [7, 11) is 0. The molecule has 13 aromatic rings. The van der Waals surface area contributed by atoms with Gasteiger partial charge in [0.25, 0.3) is 0 Å². The van der Waals surface area contributed by atoms with E-state index in [0.717, 1.165) is 27.5 Å². The molecule has 0 aliphatic carbocycles. The Morgan fingerprint density at radius 1 is 0.206 bits per heavy atom. The highest BCUT2D eigenvalue weighted by Crippen LogP contribution is 2.49. The largest absolute Gasteiger partial charge is 0.455 e. The zero-order valence-corrected chi connectivity index (χ0v) is 34.3. The van der Waals surface area contributed by atoms with Crippen LogP contribution in [-0.2, 0) is 0 Å². The summed E-state index contributed by atoms with van der Waals surface area (Å²) in [6.07, 6.45) is 0. The minimum Gasteiger partial charge on any atom is -0.455 e. The van der Waals surface area contributed by atoms with E-state index in [1.54, 1.807) is 0 Å². The maximum absolute atomic E-state index is 7.01. The van der Waals surface area contributed by atoms with E-state index in [4.69, 9.17) is 4.42 Å². The van der Waals surface area contributed by atoms with Gasteiger partial charge >= 0.3 is 0 Å². The van der Waals surface area contributed by atoms with Crippen LogP contribution in [0.4, 0.5) is 0 Å². The zero-order chi connectivity index (χ0) is 41.4. The third kappa shape index (κ3) is 5.43. The van der Waals surface area contributed by atoms with E-state index < -0.39 is 0 Å². The van der Waals surface area contributed by atoms with Gasteiger partial charge in [0.1, 0.15) is 11.2 Å². The lowest BCUT2D eigenvalue weighted by Gasteiger charge is -2.19. The van der Waals surface area contributed by atoms with Crippen molar-refractivity contribution in [2.45, 2.75) is 0 Å². The van der Waals surface area contributed by atoms with Crippen LogP contribution in [0.15, 0.2) is 235 Å². The summed E-state index contributed by atoms with van der Waals surface area (Å²) in [5.74, 6) is 0. The monoisotopic (exact) mass is 798 g/mol. The molecule has 292 valence electrons. The molecule has 0 fully saturated rings. The van der Waals surface area contributed by atoms with Crippen LogP contribution in [0.3, 0.4) is 0 Å². The van der Waals surface area contributed by atoms with Crippen molar-refractivity contribution >= 4 is 75.8 Å². The minimum absolute atomic E-state index is 0.880. The second-order valence-corrected chi connectivity index (χ2v) is 16.6. The molecule has 12 aromatic carbocycles. The van der Waals surface area contributed by atoms with Crippen LogP contribution in [0, 0.1) is 0 Å². The first-order valence-electron chi connectivity index (χ1n) is 21.8. The van der Waals surface area contributed by atoms with Crippen molar-refractivity contribution in [1.29, 1.82) is 0 Å². The topological polar surface area (TPSA) is 13.1 Å². The van der Waals surface area contributed by atoms with Crippen molar-refractivity contribution in [3.05, 3.63) is 231 Å². The summed E-state index contributed by atoms with van der Waals surface area (Å²) in [4.78, 5) is 0. The molecular weight excluding hydrogens is 761 g/mol. The Labute approximate surface area is 364 Å². The van der Waals surface area contributed by atoms with Crippen molar-refractivity contribution in [2.24, 2.45) is 0 Å². The fourth-order valence-corrected chi connectivity index (χ4v) is 10.6. The van der Waals surface area contributed by atoms with Gasteiger partial charge in [-0.15, -0.1) is 0 Å². The summed E-state index contributed by atoms with van der Waals surface area (Å²) >= 11 is 0. The predicted molar refractivity (Wildman–Crippen MR) is 268 cm³/mol. The molecule has 0 bridgehead atoms. The van der Waals surface area contributed by atoms with Crippen LogP contribution in [-0.4, -0.2) is 0 Å². The lowest BCUT2D eigenvalue weighted by molar-refractivity contribution is 0.670. The first-order valence-corrected chi connectivity index (χ1v) is 21.8. The molecule has 1 nitrogen and oxygen atoms in total. The molecular formula is C62H38O. The number of hydrogen-bond donors (Lipinski definition) is 0. The number of para-hydroxylation sites is 1. The number of rotatable bonds is 5. The van der Waals surface area contributed by atoms with Crippen molar-refractivity contribution in [2.75, 3.05) is 0 Å². The van der Waals surface area contributed by atoms with E-state index in [0.29, 0.717) is 0 Å². The van der Waals surface area contributed by atoms with E-state index in [1.165, 1.54) is 104 Å². The molecule has 1 heterocycles. The van der Waals surface area contributed by atoms with Gasteiger partial charge < -0.3 is 4.42 Å². The molecule has 0 atom stereocenters. The van der Waals surface area contributed by atoms with Gasteiger partial charge in [-0.1, -0.05) is 218 Å². The maximum Gasteiger partial charge on any atom is 0.143 e. The number of benzene rings is 12. The van der Waals surface area contributed by atoms with Crippen LogP contribution in [0.1, 0.15) is 0 Å². The maximum atomic E-state index is 7.01. The highest BCUT2D eigenvalue weighted by atomic mass is 16.3. The Morgan fingerprint density at radius 3 is 1.14 bits per heavy atom. The fourth-order valence-electron chi connectivity index (χ4n) is 10.6. The molecule has 1 aromatic heterocycles. The van der Waals surface area contributed by atoms with Gasteiger partial charge in [0, 0.05) is 21.9 Å². The van der Waals surface area contributed by atoms with Gasteiger partial charge in [-0.2, -0.15) is 0 Å². The predicted octanol–water partition coefficient (Wildman–Crippen LogP) is 17.7. The number of furan rings is 1. The summed E-state index contributed by atoms with van der Waals surface area (Å²) < 4.78 is 7.01. The van der Waals surface area contributed by atoms with Gasteiger partial charge in [-0.25, -0.2) is 0 Å². The Hall–Kier alpha value is -8.26. The zero-order valence-electron chi connectivity index (χ0n) is 34.3. The molecule has 0 aliphatic rings. The Balaban J connectivity index is 1.04. The van der Waals surface area contributed by atoms with Crippen LogP contribution in [0.2, 0.25) is 0 Å². The SMILES string of the molecule is c1ccc(-c2ccc(-c3c4ccccc4c(-c4cccc5c4oc4ccc(-c6c7ccccc7c(-c7ccccc7)c7ccccc67)cc45)c4ccccc34)c3ccccc23)cc1. The van der Waals surface area contributed by atoms with Crippen molar-refractivity contribution in [3.8, 4) is 55.6 Å². The van der Waals surface area contributed by atoms with Gasteiger partial charge in [0.2, 0.25) is 0 Å². The lowest BCUT2D eigenvalue weighted by Crippen LogP contribution is -1.92. The molecule has 13 rings (SSSR count). The lowest BCUT2D eigenvalue weighted by atomic mass is 9.83. The molecule has 0 N–H and O–H groups in total. The van der Waals surface area contributed by atoms with Gasteiger partial charge in [-0.3, -0.25) is 0 Å². The van der Waals surface area contributed by atoms with Gasteiger partial charge in [-0.05, 0) is 111 Å².